The number of ether oxygens (including phenoxy) is 1. The van der Waals surface area contributed by atoms with Crippen LogP contribution < -0.4 is 4.74 Å². The molecule has 0 saturated carbocycles. The van der Waals surface area contributed by atoms with Gasteiger partial charge in [0.2, 0.25) is 5.88 Å². The molecule has 0 saturated heterocycles. The molecule has 1 aromatic heterocycles. The van der Waals surface area contributed by atoms with Crippen molar-refractivity contribution in [2.24, 2.45) is 0 Å². The molecular formula is C20H25ClFNO. The van der Waals surface area contributed by atoms with Gasteiger partial charge in [-0.3, -0.25) is 0 Å². The minimum absolute atomic E-state index is 0.293. The minimum atomic E-state index is -0.293. The predicted octanol–water partition coefficient (Wildman–Crippen LogP) is 6.18. The summed E-state index contributed by atoms with van der Waals surface area (Å²) in [5.74, 6) is 0.801. The monoisotopic (exact) mass is 349 g/mol. The van der Waals surface area contributed by atoms with Gasteiger partial charge in [0.05, 0.1) is 6.61 Å². The number of aromatic nitrogens is 1. The zero-order chi connectivity index (χ0) is 17.4. The predicted molar refractivity (Wildman–Crippen MR) is 97.4 cm³/mol. The fraction of sp³-hybridized carbons (Fsp3) is 0.450. The molecule has 0 unspecified atom stereocenters. The molecule has 130 valence electrons. The quantitative estimate of drug-likeness (QED) is 0.539. The van der Waals surface area contributed by atoms with Crippen molar-refractivity contribution in [2.75, 3.05) is 6.61 Å². The van der Waals surface area contributed by atoms with Gasteiger partial charge in [0, 0.05) is 29.1 Å². The summed E-state index contributed by atoms with van der Waals surface area (Å²) in [6, 6.07) is 10.6. The first-order valence-corrected chi connectivity index (χ1v) is 9.05. The van der Waals surface area contributed by atoms with Gasteiger partial charge in [0.25, 0.3) is 0 Å². The van der Waals surface area contributed by atoms with E-state index in [1.54, 1.807) is 12.1 Å². The average Bonchev–Trinajstić information content (AvgIpc) is 2.57. The molecular weight excluding hydrogens is 325 g/mol. The van der Waals surface area contributed by atoms with Crippen LogP contribution in [0.2, 0.25) is 5.02 Å². The lowest BCUT2D eigenvalue weighted by Gasteiger charge is -2.15. The zero-order valence-corrected chi connectivity index (χ0v) is 15.2. The van der Waals surface area contributed by atoms with Crippen LogP contribution in [0.4, 0.5) is 4.39 Å². The lowest BCUT2D eigenvalue weighted by Crippen LogP contribution is -2.07. The molecule has 1 aromatic carbocycles. The Morgan fingerprint density at radius 1 is 1.12 bits per heavy atom. The maximum atomic E-state index is 13.8. The number of rotatable bonds is 9. The fourth-order valence-electron chi connectivity index (χ4n) is 2.87. The van der Waals surface area contributed by atoms with Gasteiger partial charge < -0.3 is 4.74 Å². The summed E-state index contributed by atoms with van der Waals surface area (Å²) in [4.78, 5) is 4.64. The van der Waals surface area contributed by atoms with Gasteiger partial charge in [-0.15, -0.1) is 0 Å². The number of hydrogen-bond acceptors (Lipinski definition) is 2. The van der Waals surface area contributed by atoms with Gasteiger partial charge in [-0.25, -0.2) is 9.37 Å². The van der Waals surface area contributed by atoms with E-state index in [0.29, 0.717) is 35.4 Å². The molecule has 0 aliphatic heterocycles. The third-order valence-electron chi connectivity index (χ3n) is 4.07. The summed E-state index contributed by atoms with van der Waals surface area (Å²) in [5.41, 5.74) is 1.69. The van der Waals surface area contributed by atoms with Gasteiger partial charge in [-0.2, -0.15) is 0 Å². The Labute approximate surface area is 149 Å². The molecule has 0 fully saturated rings. The largest absolute Gasteiger partial charge is 0.477 e. The lowest BCUT2D eigenvalue weighted by molar-refractivity contribution is 0.305. The highest BCUT2D eigenvalue weighted by Gasteiger charge is 2.12. The Bertz CT molecular complexity index is 641. The van der Waals surface area contributed by atoms with E-state index in [4.69, 9.17) is 16.3 Å². The first-order valence-electron chi connectivity index (χ1n) is 8.67. The van der Waals surface area contributed by atoms with Crippen LogP contribution in [0, 0.1) is 5.82 Å². The Hall–Kier alpha value is -1.61. The molecule has 0 spiro atoms. The Kier molecular flexibility index (Phi) is 7.51. The van der Waals surface area contributed by atoms with Crippen LogP contribution in [0.15, 0.2) is 36.4 Å². The van der Waals surface area contributed by atoms with Crippen LogP contribution in [0.5, 0.6) is 5.88 Å². The van der Waals surface area contributed by atoms with Gasteiger partial charge in [0.1, 0.15) is 5.82 Å². The number of nitrogens with zero attached hydrogens (tertiary/aromatic N) is 1. The number of hydrogen-bond donors (Lipinski definition) is 0. The molecule has 0 aliphatic carbocycles. The molecule has 1 heterocycles. The topological polar surface area (TPSA) is 22.1 Å². The SMILES string of the molecule is CCCC(CCC)c1cccc(OCCc2ccc(Cl)cc2F)n1. The Balaban J connectivity index is 1.96. The standard InChI is InChI=1S/C20H25ClFNO/c1-3-6-16(7-4-2)19-8-5-9-20(23-19)24-13-12-15-10-11-17(21)14-18(15)22/h5,8-11,14,16H,3-4,6-7,12-13H2,1-2H3. The van der Waals surface area contributed by atoms with Crippen molar-refractivity contribution in [3.05, 3.63) is 58.5 Å². The maximum absolute atomic E-state index is 13.8. The minimum Gasteiger partial charge on any atom is -0.477 e. The Morgan fingerprint density at radius 2 is 1.88 bits per heavy atom. The first kappa shape index (κ1) is 18.7. The van der Waals surface area contributed by atoms with Crippen LogP contribution in [0.3, 0.4) is 0 Å². The van der Waals surface area contributed by atoms with E-state index >= 15 is 0 Å². The van der Waals surface area contributed by atoms with E-state index < -0.39 is 0 Å². The van der Waals surface area contributed by atoms with Crippen molar-refractivity contribution in [2.45, 2.75) is 51.9 Å². The van der Waals surface area contributed by atoms with Crippen LogP contribution >= 0.6 is 11.6 Å². The van der Waals surface area contributed by atoms with Crippen LogP contribution in [-0.2, 0) is 6.42 Å². The lowest BCUT2D eigenvalue weighted by atomic mass is 9.94. The molecule has 0 radical (unpaired) electrons. The van der Waals surface area contributed by atoms with Gasteiger partial charge in [0.15, 0.2) is 0 Å². The second kappa shape index (κ2) is 9.63. The molecule has 2 rings (SSSR count). The van der Waals surface area contributed by atoms with E-state index in [9.17, 15) is 4.39 Å². The molecule has 0 bridgehead atoms. The summed E-state index contributed by atoms with van der Waals surface area (Å²) >= 11 is 5.76. The van der Waals surface area contributed by atoms with Crippen LogP contribution in [-0.4, -0.2) is 11.6 Å². The Morgan fingerprint density at radius 3 is 2.54 bits per heavy atom. The van der Waals surface area contributed by atoms with Crippen LogP contribution in [0.1, 0.15) is 56.7 Å². The molecule has 2 aromatic rings. The van der Waals surface area contributed by atoms with Crippen molar-refractivity contribution in [3.63, 3.8) is 0 Å². The van der Waals surface area contributed by atoms with E-state index in [1.165, 1.54) is 6.07 Å². The molecule has 2 nitrogen and oxygen atoms in total. The molecule has 24 heavy (non-hydrogen) atoms. The number of halogens is 2. The smallest absolute Gasteiger partial charge is 0.213 e. The molecule has 4 heteroatoms. The van der Waals surface area contributed by atoms with Crippen molar-refractivity contribution in [3.8, 4) is 5.88 Å². The number of pyridine rings is 1. The van der Waals surface area contributed by atoms with Crippen molar-refractivity contribution in [1.29, 1.82) is 0 Å². The van der Waals surface area contributed by atoms with E-state index in [0.717, 1.165) is 31.4 Å². The summed E-state index contributed by atoms with van der Waals surface area (Å²) in [6.45, 7) is 4.79. The number of benzene rings is 1. The first-order chi connectivity index (χ1) is 11.6. The van der Waals surface area contributed by atoms with Gasteiger partial charge in [-0.1, -0.05) is 50.4 Å². The molecule has 0 atom stereocenters. The summed E-state index contributed by atoms with van der Waals surface area (Å²) < 4.78 is 19.5. The molecule has 0 aliphatic rings. The van der Waals surface area contributed by atoms with Crippen molar-refractivity contribution in [1.82, 2.24) is 4.98 Å². The normalized spacial score (nSPS) is 11.0. The van der Waals surface area contributed by atoms with Gasteiger partial charge >= 0.3 is 0 Å². The van der Waals surface area contributed by atoms with E-state index in [2.05, 4.69) is 24.9 Å². The fourth-order valence-corrected chi connectivity index (χ4v) is 3.02. The highest BCUT2D eigenvalue weighted by Crippen LogP contribution is 2.26. The summed E-state index contributed by atoms with van der Waals surface area (Å²) in [6.07, 6.45) is 5.06. The van der Waals surface area contributed by atoms with Crippen molar-refractivity contribution >= 4 is 11.6 Å². The van der Waals surface area contributed by atoms with Crippen molar-refractivity contribution < 1.29 is 9.13 Å². The van der Waals surface area contributed by atoms with E-state index in [1.807, 2.05) is 12.1 Å². The maximum Gasteiger partial charge on any atom is 0.213 e. The highest BCUT2D eigenvalue weighted by atomic mass is 35.5. The third kappa shape index (κ3) is 5.48. The van der Waals surface area contributed by atoms with E-state index in [-0.39, 0.29) is 5.82 Å². The van der Waals surface area contributed by atoms with Gasteiger partial charge in [-0.05, 0) is 36.6 Å². The molecule has 0 N–H and O–H groups in total. The molecule has 0 amide bonds. The summed E-state index contributed by atoms with van der Waals surface area (Å²) in [7, 11) is 0. The summed E-state index contributed by atoms with van der Waals surface area (Å²) in [5, 5.41) is 0.407. The van der Waals surface area contributed by atoms with Crippen LogP contribution in [0.25, 0.3) is 0 Å². The third-order valence-corrected chi connectivity index (χ3v) is 4.31. The average molecular weight is 350 g/mol. The second-order valence-electron chi connectivity index (χ2n) is 6.01. The highest BCUT2D eigenvalue weighted by molar-refractivity contribution is 6.30. The second-order valence-corrected chi connectivity index (χ2v) is 6.45. The zero-order valence-electron chi connectivity index (χ0n) is 14.4.